The van der Waals surface area contributed by atoms with Gasteiger partial charge in [-0.15, -0.1) is 11.3 Å². The summed E-state index contributed by atoms with van der Waals surface area (Å²) in [6.45, 7) is 0.909. The molecular weight excluding hydrogens is 234 g/mol. The molecule has 2 rings (SSSR count). The highest BCUT2D eigenvalue weighted by molar-refractivity contribution is 7.10. The Kier molecular flexibility index (Phi) is 3.47. The van der Waals surface area contributed by atoms with Crippen LogP contribution in [0.4, 0.5) is 0 Å². The molecule has 2 heterocycles. The Hall–Kier alpha value is -1.77. The number of aromatic nitrogens is 2. The maximum absolute atomic E-state index is 11.7. The molecule has 88 valence electrons. The molecule has 0 aromatic carbocycles. The minimum atomic E-state index is -0.0175. The number of hydrogen-bond acceptors (Lipinski definition) is 3. The smallest absolute Gasteiger partial charge is 0.320 e. The molecule has 0 saturated heterocycles. The molecule has 2 aromatic rings. The molecule has 0 bridgehead atoms. The van der Waals surface area contributed by atoms with Crippen molar-refractivity contribution in [2.45, 2.75) is 6.54 Å². The second-order valence-corrected chi connectivity index (χ2v) is 4.58. The van der Waals surface area contributed by atoms with Gasteiger partial charge in [-0.1, -0.05) is 11.8 Å². The van der Waals surface area contributed by atoms with Crippen LogP contribution in [0.3, 0.4) is 0 Å². The Balaban J connectivity index is 2.28. The molecule has 5 heteroatoms. The molecule has 0 spiro atoms. The number of hydrogen-bond donors (Lipinski definition) is 1. The molecule has 0 radical (unpaired) electrons. The summed E-state index contributed by atoms with van der Waals surface area (Å²) in [4.78, 5) is 12.8. The van der Waals surface area contributed by atoms with E-state index in [9.17, 15) is 4.79 Å². The lowest BCUT2D eigenvalue weighted by Crippen LogP contribution is -2.22. The maximum atomic E-state index is 11.7. The quantitative estimate of drug-likeness (QED) is 0.790. The zero-order valence-electron chi connectivity index (χ0n) is 9.51. The van der Waals surface area contributed by atoms with E-state index < -0.39 is 0 Å². The molecule has 2 aromatic heterocycles. The molecule has 0 aliphatic rings. The highest BCUT2D eigenvalue weighted by atomic mass is 32.1. The topological polar surface area (TPSA) is 52.9 Å². The Morgan fingerprint density at radius 3 is 2.94 bits per heavy atom. The van der Waals surface area contributed by atoms with Crippen LogP contribution >= 0.6 is 11.3 Å². The fraction of sp³-hybridized carbons (Fsp3) is 0.250. The number of imidazole rings is 1. The summed E-state index contributed by atoms with van der Waals surface area (Å²) in [7, 11) is 1.74. The second kappa shape index (κ2) is 5.04. The number of thiophene rings is 1. The number of rotatable bonds is 2. The van der Waals surface area contributed by atoms with Crippen LogP contribution in [0.1, 0.15) is 10.4 Å². The zero-order valence-corrected chi connectivity index (χ0v) is 10.3. The van der Waals surface area contributed by atoms with Gasteiger partial charge in [0.25, 0.3) is 0 Å². The molecule has 0 unspecified atom stereocenters. The molecule has 0 atom stereocenters. The third kappa shape index (κ3) is 2.49. The van der Waals surface area contributed by atoms with E-state index in [2.05, 4.69) is 11.8 Å². The summed E-state index contributed by atoms with van der Waals surface area (Å²) in [5.41, 5.74) is 6.28. The lowest BCUT2D eigenvalue weighted by atomic mass is 10.2. The van der Waals surface area contributed by atoms with Gasteiger partial charge >= 0.3 is 5.69 Å². The van der Waals surface area contributed by atoms with Gasteiger partial charge < -0.3 is 10.3 Å². The first-order chi connectivity index (χ1) is 8.22. The Labute approximate surface area is 103 Å². The Morgan fingerprint density at radius 2 is 2.29 bits per heavy atom. The van der Waals surface area contributed by atoms with E-state index in [1.807, 2.05) is 11.4 Å². The lowest BCUT2D eigenvalue weighted by Gasteiger charge is -1.99. The summed E-state index contributed by atoms with van der Waals surface area (Å²) in [5, 5.41) is 1.98. The van der Waals surface area contributed by atoms with Crippen molar-refractivity contribution in [3.8, 4) is 11.8 Å². The lowest BCUT2D eigenvalue weighted by molar-refractivity contribution is 0.724. The Morgan fingerprint density at radius 1 is 1.47 bits per heavy atom. The van der Waals surface area contributed by atoms with Crippen molar-refractivity contribution in [1.29, 1.82) is 0 Å². The van der Waals surface area contributed by atoms with Crippen LogP contribution in [0.15, 0.2) is 28.6 Å². The van der Waals surface area contributed by atoms with Gasteiger partial charge in [-0.05, 0) is 11.4 Å². The summed E-state index contributed by atoms with van der Waals surface area (Å²) < 4.78 is 3.22. The van der Waals surface area contributed by atoms with Crippen LogP contribution in [-0.2, 0) is 13.6 Å². The van der Waals surface area contributed by atoms with Crippen molar-refractivity contribution in [3.05, 3.63) is 44.8 Å². The van der Waals surface area contributed by atoms with Crippen molar-refractivity contribution in [3.63, 3.8) is 0 Å². The van der Waals surface area contributed by atoms with E-state index in [-0.39, 0.29) is 5.69 Å². The molecule has 2 N–H and O–H groups in total. The molecule has 0 fully saturated rings. The number of nitrogens with two attached hydrogens (primary N) is 1. The van der Waals surface area contributed by atoms with E-state index in [1.165, 1.54) is 0 Å². The molecule has 0 saturated carbocycles. The first-order valence-corrected chi connectivity index (χ1v) is 6.07. The average molecular weight is 247 g/mol. The largest absolute Gasteiger partial charge is 0.328 e. The third-order valence-corrected chi connectivity index (χ3v) is 3.31. The highest BCUT2D eigenvalue weighted by Crippen LogP contribution is 2.16. The van der Waals surface area contributed by atoms with Gasteiger partial charge in [0.05, 0.1) is 13.1 Å². The van der Waals surface area contributed by atoms with Gasteiger partial charge in [-0.2, -0.15) is 0 Å². The van der Waals surface area contributed by atoms with Gasteiger partial charge in [0.2, 0.25) is 0 Å². The SMILES string of the molecule is Cn1ccn(Cc2sccc2C#CCN)c1=O. The van der Waals surface area contributed by atoms with Crippen molar-refractivity contribution in [1.82, 2.24) is 9.13 Å². The summed E-state index contributed by atoms with van der Waals surface area (Å²) in [5.74, 6) is 5.84. The first kappa shape index (κ1) is 11.7. The van der Waals surface area contributed by atoms with E-state index in [0.717, 1.165) is 10.4 Å². The summed E-state index contributed by atoms with van der Waals surface area (Å²) in [6.07, 6.45) is 3.53. The van der Waals surface area contributed by atoms with Crippen LogP contribution < -0.4 is 11.4 Å². The molecule has 17 heavy (non-hydrogen) atoms. The minimum Gasteiger partial charge on any atom is -0.320 e. The van der Waals surface area contributed by atoms with Gasteiger partial charge in [-0.3, -0.25) is 4.57 Å². The van der Waals surface area contributed by atoms with Crippen molar-refractivity contribution >= 4 is 11.3 Å². The van der Waals surface area contributed by atoms with Crippen LogP contribution in [0, 0.1) is 11.8 Å². The average Bonchev–Trinajstić information content (AvgIpc) is 2.89. The van der Waals surface area contributed by atoms with Crippen molar-refractivity contribution < 1.29 is 0 Å². The van der Waals surface area contributed by atoms with Gasteiger partial charge in [0, 0.05) is 29.9 Å². The van der Waals surface area contributed by atoms with Gasteiger partial charge in [0.1, 0.15) is 0 Å². The third-order valence-electron chi connectivity index (χ3n) is 2.40. The van der Waals surface area contributed by atoms with E-state index in [4.69, 9.17) is 5.73 Å². The molecule has 0 aliphatic heterocycles. The predicted octanol–water partition coefficient (Wildman–Crippen LogP) is 0.607. The molecule has 0 aliphatic carbocycles. The normalized spacial score (nSPS) is 10.0. The highest BCUT2D eigenvalue weighted by Gasteiger charge is 2.05. The predicted molar refractivity (Wildman–Crippen MR) is 69.0 cm³/mol. The molecule has 4 nitrogen and oxygen atoms in total. The van der Waals surface area contributed by atoms with Gasteiger partial charge in [-0.25, -0.2) is 4.79 Å². The van der Waals surface area contributed by atoms with Crippen LogP contribution in [-0.4, -0.2) is 15.7 Å². The fourth-order valence-electron chi connectivity index (χ4n) is 1.51. The number of aryl methyl sites for hydroxylation is 1. The maximum Gasteiger partial charge on any atom is 0.328 e. The van der Waals surface area contributed by atoms with E-state index >= 15 is 0 Å². The Bertz CT molecular complexity index is 624. The zero-order chi connectivity index (χ0) is 12.3. The molecule has 0 amide bonds. The van der Waals surface area contributed by atoms with Crippen LogP contribution in [0.5, 0.6) is 0 Å². The second-order valence-electron chi connectivity index (χ2n) is 3.58. The van der Waals surface area contributed by atoms with Crippen LogP contribution in [0.2, 0.25) is 0 Å². The van der Waals surface area contributed by atoms with Crippen molar-refractivity contribution in [2.75, 3.05) is 6.54 Å². The standard InChI is InChI=1S/C12H13N3OS/c1-14-6-7-15(12(14)16)9-11-10(3-2-5-13)4-8-17-11/h4,6-8H,5,9,13H2,1H3. The van der Waals surface area contributed by atoms with E-state index in [0.29, 0.717) is 13.1 Å². The number of nitrogens with zero attached hydrogens (tertiary/aromatic N) is 2. The molecular formula is C12H13N3OS. The minimum absolute atomic E-state index is 0.0175. The van der Waals surface area contributed by atoms with Crippen molar-refractivity contribution in [2.24, 2.45) is 12.8 Å². The van der Waals surface area contributed by atoms with E-state index in [1.54, 1.807) is 39.9 Å². The van der Waals surface area contributed by atoms with Gasteiger partial charge in [0.15, 0.2) is 0 Å². The first-order valence-electron chi connectivity index (χ1n) is 5.19. The monoisotopic (exact) mass is 247 g/mol. The summed E-state index contributed by atoms with van der Waals surface area (Å²) in [6, 6.07) is 1.95. The fourth-order valence-corrected chi connectivity index (χ4v) is 2.33. The summed E-state index contributed by atoms with van der Waals surface area (Å²) >= 11 is 1.60. The van der Waals surface area contributed by atoms with Crippen LogP contribution in [0.25, 0.3) is 0 Å².